The van der Waals surface area contributed by atoms with Crippen LogP contribution >= 0.6 is 23.2 Å². The van der Waals surface area contributed by atoms with Gasteiger partial charge in [-0.2, -0.15) is 0 Å². The van der Waals surface area contributed by atoms with Crippen molar-refractivity contribution in [1.29, 1.82) is 0 Å². The van der Waals surface area contributed by atoms with Crippen molar-refractivity contribution in [3.05, 3.63) is 39.9 Å². The molecule has 4 unspecified atom stereocenters. The second-order valence-electron chi connectivity index (χ2n) is 6.29. The van der Waals surface area contributed by atoms with Gasteiger partial charge in [-0.05, 0) is 37.1 Å². The first-order valence-electron chi connectivity index (χ1n) is 7.40. The van der Waals surface area contributed by atoms with Crippen LogP contribution in [-0.2, 0) is 14.6 Å². The molecule has 3 nitrogen and oxygen atoms in total. The van der Waals surface area contributed by atoms with Crippen LogP contribution in [0.3, 0.4) is 0 Å². The summed E-state index contributed by atoms with van der Waals surface area (Å²) in [6.07, 6.45) is 5.04. The molecule has 0 N–H and O–H groups in total. The Bertz CT molecular complexity index is 628. The van der Waals surface area contributed by atoms with Crippen molar-refractivity contribution < 1.29 is 14.6 Å². The molecule has 0 radical (unpaired) electrons. The number of halogens is 2. The van der Waals surface area contributed by atoms with Crippen molar-refractivity contribution in [3.63, 3.8) is 0 Å². The number of carbonyl (C=O) groups excluding carboxylic acids is 1. The highest BCUT2D eigenvalue weighted by Crippen LogP contribution is 2.43. The van der Waals surface area contributed by atoms with E-state index in [1.54, 1.807) is 12.1 Å². The highest BCUT2D eigenvalue weighted by molar-refractivity contribution is 6.35. The van der Waals surface area contributed by atoms with Crippen molar-refractivity contribution >= 4 is 35.1 Å². The summed E-state index contributed by atoms with van der Waals surface area (Å²) in [7, 11) is 0. The Labute approximate surface area is 140 Å². The molecule has 0 spiro atoms. The van der Waals surface area contributed by atoms with E-state index in [-0.39, 0.29) is 23.7 Å². The standard InChI is InChI=1S/C17H18Cl2O3/c1-10-15(20)7-12-8-16(10)21-22-17(12,2)6-5-11-3-4-13(18)9-14(11)19/h3-6,9-10,12,16H,7-8H2,1-2H3/b6-5+. The molecule has 0 amide bonds. The van der Waals surface area contributed by atoms with Gasteiger partial charge < -0.3 is 0 Å². The lowest BCUT2D eigenvalue weighted by atomic mass is 9.71. The Morgan fingerprint density at radius 3 is 2.86 bits per heavy atom. The minimum atomic E-state index is -0.630. The van der Waals surface area contributed by atoms with Crippen LogP contribution in [0.2, 0.25) is 10.0 Å². The number of hydrogen-bond donors (Lipinski definition) is 0. The van der Waals surface area contributed by atoms with E-state index in [0.29, 0.717) is 16.5 Å². The van der Waals surface area contributed by atoms with Crippen LogP contribution in [-0.4, -0.2) is 17.5 Å². The van der Waals surface area contributed by atoms with Gasteiger partial charge in [0.25, 0.3) is 0 Å². The van der Waals surface area contributed by atoms with Crippen molar-refractivity contribution in [1.82, 2.24) is 0 Å². The van der Waals surface area contributed by atoms with Crippen LogP contribution in [0.15, 0.2) is 24.3 Å². The van der Waals surface area contributed by atoms with Crippen LogP contribution < -0.4 is 0 Å². The normalized spacial score (nSPS) is 35.1. The molecule has 1 aromatic carbocycles. The fourth-order valence-electron chi connectivity index (χ4n) is 3.05. The zero-order chi connectivity index (χ0) is 15.9. The lowest BCUT2D eigenvalue weighted by molar-refractivity contribution is -0.415. The van der Waals surface area contributed by atoms with Crippen LogP contribution in [0.25, 0.3) is 6.08 Å². The van der Waals surface area contributed by atoms with E-state index in [1.165, 1.54) is 0 Å². The highest BCUT2D eigenvalue weighted by atomic mass is 35.5. The summed E-state index contributed by atoms with van der Waals surface area (Å²) in [6, 6.07) is 5.34. The van der Waals surface area contributed by atoms with Gasteiger partial charge in [0.15, 0.2) is 0 Å². The van der Waals surface area contributed by atoms with Gasteiger partial charge in [-0.25, -0.2) is 9.78 Å². The summed E-state index contributed by atoms with van der Waals surface area (Å²) in [6.45, 7) is 3.84. The van der Waals surface area contributed by atoms with E-state index < -0.39 is 5.60 Å². The van der Waals surface area contributed by atoms with Gasteiger partial charge in [-0.15, -0.1) is 0 Å². The third kappa shape index (κ3) is 2.95. The van der Waals surface area contributed by atoms with Crippen molar-refractivity contribution in [3.8, 4) is 0 Å². The zero-order valence-corrected chi connectivity index (χ0v) is 14.0. The summed E-state index contributed by atoms with van der Waals surface area (Å²) in [5.74, 6) is 0.279. The Balaban J connectivity index is 1.82. The van der Waals surface area contributed by atoms with Gasteiger partial charge in [0.1, 0.15) is 17.5 Å². The van der Waals surface area contributed by atoms with Crippen molar-refractivity contribution in [2.75, 3.05) is 0 Å². The van der Waals surface area contributed by atoms with Gasteiger partial charge in [-0.3, -0.25) is 4.79 Å². The molecule has 2 fully saturated rings. The molecule has 0 aromatic heterocycles. The quantitative estimate of drug-likeness (QED) is 0.731. The first-order chi connectivity index (χ1) is 10.4. The van der Waals surface area contributed by atoms with E-state index in [1.807, 2.05) is 32.1 Å². The molecule has 1 aliphatic heterocycles. The Kier molecular flexibility index (Phi) is 4.34. The zero-order valence-electron chi connectivity index (χ0n) is 12.5. The fraction of sp³-hybridized carbons (Fsp3) is 0.471. The topological polar surface area (TPSA) is 35.5 Å². The number of fused-ring (bicyclic) bond motifs is 2. The number of carbonyl (C=O) groups is 1. The smallest absolute Gasteiger partial charge is 0.138 e. The molecular formula is C17H18Cl2O3. The van der Waals surface area contributed by atoms with Crippen LogP contribution in [0, 0.1) is 11.8 Å². The monoisotopic (exact) mass is 340 g/mol. The maximum absolute atomic E-state index is 12.1. The number of benzene rings is 1. The second-order valence-corrected chi connectivity index (χ2v) is 7.14. The van der Waals surface area contributed by atoms with Gasteiger partial charge in [0.05, 0.1) is 0 Å². The summed E-state index contributed by atoms with van der Waals surface area (Å²) in [4.78, 5) is 23.2. The molecule has 1 saturated heterocycles. The number of Topliss-reactive ketones (excluding diaryl/α,β-unsaturated/α-hetero) is 1. The predicted octanol–water partition coefficient (Wildman–Crippen LogP) is 4.71. The second kappa shape index (κ2) is 5.97. The number of ketones is 1. The molecule has 22 heavy (non-hydrogen) atoms. The molecule has 2 bridgehead atoms. The van der Waals surface area contributed by atoms with Gasteiger partial charge in [-0.1, -0.05) is 42.3 Å². The molecule has 5 heteroatoms. The Hall–Kier alpha value is -0.870. The summed E-state index contributed by atoms with van der Waals surface area (Å²) in [5.41, 5.74) is 0.225. The largest absolute Gasteiger partial charge is 0.299 e. The van der Waals surface area contributed by atoms with Crippen LogP contribution in [0.5, 0.6) is 0 Å². The average Bonchev–Trinajstić information content (AvgIpc) is 2.47. The minimum Gasteiger partial charge on any atom is -0.299 e. The molecule has 1 saturated carbocycles. The molecule has 1 aromatic rings. The van der Waals surface area contributed by atoms with Gasteiger partial charge in [0, 0.05) is 28.3 Å². The average molecular weight is 341 g/mol. The summed E-state index contributed by atoms with van der Waals surface area (Å²) >= 11 is 12.1. The third-order valence-corrected chi connectivity index (χ3v) is 5.31. The van der Waals surface area contributed by atoms with E-state index in [2.05, 4.69) is 0 Å². The molecule has 118 valence electrons. The van der Waals surface area contributed by atoms with E-state index in [0.717, 1.165) is 12.0 Å². The molecule has 4 atom stereocenters. The number of rotatable bonds is 2. The lowest BCUT2D eigenvalue weighted by Gasteiger charge is -2.45. The van der Waals surface area contributed by atoms with Crippen LogP contribution in [0.4, 0.5) is 0 Å². The molecule has 1 aliphatic carbocycles. The van der Waals surface area contributed by atoms with Crippen molar-refractivity contribution in [2.45, 2.75) is 38.4 Å². The van der Waals surface area contributed by atoms with Crippen LogP contribution in [0.1, 0.15) is 32.3 Å². The van der Waals surface area contributed by atoms with E-state index in [4.69, 9.17) is 33.0 Å². The van der Waals surface area contributed by atoms with E-state index >= 15 is 0 Å². The first kappa shape index (κ1) is 16.0. The maximum Gasteiger partial charge on any atom is 0.138 e. The maximum atomic E-state index is 12.1. The van der Waals surface area contributed by atoms with Crippen molar-refractivity contribution in [2.24, 2.45) is 11.8 Å². The highest BCUT2D eigenvalue weighted by Gasteiger charge is 2.48. The summed E-state index contributed by atoms with van der Waals surface area (Å²) in [5, 5.41) is 1.18. The molecular weight excluding hydrogens is 323 g/mol. The van der Waals surface area contributed by atoms with Gasteiger partial charge >= 0.3 is 0 Å². The SMILES string of the molecule is CC1C(=O)CC2CC1OOC2(C)/C=C/c1ccc(Cl)cc1Cl. The predicted molar refractivity (Wildman–Crippen MR) is 86.8 cm³/mol. The Morgan fingerprint density at radius 1 is 1.36 bits per heavy atom. The molecule has 2 aliphatic rings. The number of hydrogen-bond acceptors (Lipinski definition) is 3. The molecule has 1 heterocycles. The third-order valence-electron chi connectivity index (χ3n) is 4.75. The first-order valence-corrected chi connectivity index (χ1v) is 8.16. The Morgan fingerprint density at radius 2 is 2.14 bits per heavy atom. The minimum absolute atomic E-state index is 0.0875. The summed E-state index contributed by atoms with van der Waals surface area (Å²) < 4.78 is 0. The van der Waals surface area contributed by atoms with E-state index in [9.17, 15) is 4.79 Å². The fourth-order valence-corrected chi connectivity index (χ4v) is 3.52. The molecule has 3 rings (SSSR count). The lowest BCUT2D eigenvalue weighted by Crippen LogP contribution is -2.51. The van der Waals surface area contributed by atoms with Gasteiger partial charge in [0.2, 0.25) is 0 Å².